The summed E-state index contributed by atoms with van der Waals surface area (Å²) in [6.07, 6.45) is 2.57. The lowest BCUT2D eigenvalue weighted by Crippen LogP contribution is -2.38. The lowest BCUT2D eigenvalue weighted by molar-refractivity contribution is -0.385. The molecule has 0 N–H and O–H groups in total. The van der Waals surface area contributed by atoms with Crippen LogP contribution in [0.1, 0.15) is 28.8 Å². The molecule has 0 atom stereocenters. The molecule has 1 aliphatic rings. The number of benzene rings is 1. The van der Waals surface area contributed by atoms with Crippen LogP contribution in [-0.2, 0) is 4.74 Å². The number of rotatable bonds is 4. The van der Waals surface area contributed by atoms with Crippen molar-refractivity contribution in [3.05, 3.63) is 63.8 Å². The van der Waals surface area contributed by atoms with Gasteiger partial charge in [0.2, 0.25) is 0 Å². The van der Waals surface area contributed by atoms with E-state index in [0.717, 1.165) is 11.4 Å². The molecule has 0 bridgehead atoms. The topological polar surface area (TPSA) is 85.6 Å². The van der Waals surface area contributed by atoms with Gasteiger partial charge in [-0.1, -0.05) is 18.2 Å². The van der Waals surface area contributed by atoms with Crippen molar-refractivity contribution >= 4 is 17.5 Å². The number of carbonyl (C=O) groups is 1. The molecule has 1 aromatic heterocycles. The van der Waals surface area contributed by atoms with Crippen LogP contribution in [0.4, 0.5) is 11.5 Å². The van der Waals surface area contributed by atoms with Crippen LogP contribution in [0.15, 0.2) is 42.6 Å². The molecule has 2 aromatic rings. The first-order valence-electron chi connectivity index (χ1n) is 8.16. The highest BCUT2D eigenvalue weighted by atomic mass is 16.6. The molecule has 0 amide bonds. The van der Waals surface area contributed by atoms with E-state index in [9.17, 15) is 14.9 Å². The van der Waals surface area contributed by atoms with Crippen LogP contribution in [0, 0.1) is 17.0 Å². The second-order valence-electron chi connectivity index (χ2n) is 6.05. The number of piperidine rings is 1. The number of aromatic nitrogens is 1. The van der Waals surface area contributed by atoms with Gasteiger partial charge >= 0.3 is 5.97 Å². The van der Waals surface area contributed by atoms with Gasteiger partial charge in [-0.2, -0.15) is 0 Å². The first kappa shape index (κ1) is 16.9. The molecule has 3 rings (SSSR count). The standard InChI is InChI=1S/C18H19N3O4/c1-13-11-15(21(23)24)12-19-17(13)20-9-7-16(8-10-20)25-18(22)14-5-3-2-4-6-14/h2-6,11-12,16H,7-10H2,1H3. The molecule has 0 spiro atoms. The highest BCUT2D eigenvalue weighted by Crippen LogP contribution is 2.25. The summed E-state index contributed by atoms with van der Waals surface area (Å²) in [6.45, 7) is 3.20. The lowest BCUT2D eigenvalue weighted by atomic mass is 10.1. The van der Waals surface area contributed by atoms with E-state index < -0.39 is 4.92 Å². The number of hydrogen-bond acceptors (Lipinski definition) is 6. The van der Waals surface area contributed by atoms with Gasteiger partial charge in [-0.25, -0.2) is 9.78 Å². The Morgan fingerprint density at radius 3 is 2.56 bits per heavy atom. The molecule has 1 aromatic carbocycles. The van der Waals surface area contributed by atoms with Crippen molar-refractivity contribution in [1.29, 1.82) is 0 Å². The second-order valence-corrected chi connectivity index (χ2v) is 6.05. The van der Waals surface area contributed by atoms with Crippen molar-refractivity contribution < 1.29 is 14.5 Å². The molecule has 0 unspecified atom stereocenters. The van der Waals surface area contributed by atoms with Crippen LogP contribution in [-0.4, -0.2) is 35.1 Å². The maximum atomic E-state index is 12.1. The van der Waals surface area contributed by atoms with Gasteiger partial charge in [-0.05, 0) is 24.6 Å². The van der Waals surface area contributed by atoms with Crippen molar-refractivity contribution in [3.8, 4) is 0 Å². The summed E-state index contributed by atoms with van der Waals surface area (Å²) in [5.41, 5.74) is 1.32. The summed E-state index contributed by atoms with van der Waals surface area (Å²) in [5.74, 6) is 0.446. The van der Waals surface area contributed by atoms with E-state index in [0.29, 0.717) is 31.5 Å². The fourth-order valence-electron chi connectivity index (χ4n) is 2.96. The molecule has 0 radical (unpaired) electrons. The molecule has 7 heteroatoms. The maximum Gasteiger partial charge on any atom is 0.338 e. The third-order valence-electron chi connectivity index (χ3n) is 4.27. The Balaban J connectivity index is 1.59. The lowest BCUT2D eigenvalue weighted by Gasteiger charge is -2.33. The Bertz CT molecular complexity index is 771. The number of hydrogen-bond donors (Lipinski definition) is 0. The SMILES string of the molecule is Cc1cc([N+](=O)[O-])cnc1N1CCC(OC(=O)c2ccccc2)CC1. The Morgan fingerprint density at radius 1 is 1.28 bits per heavy atom. The van der Waals surface area contributed by atoms with Gasteiger partial charge in [-0.15, -0.1) is 0 Å². The second kappa shape index (κ2) is 7.29. The Labute approximate surface area is 145 Å². The fourth-order valence-corrected chi connectivity index (χ4v) is 2.96. The Hall–Kier alpha value is -2.96. The molecule has 1 aliphatic heterocycles. The molecule has 2 heterocycles. The molecule has 0 aliphatic carbocycles. The van der Waals surface area contributed by atoms with Gasteiger partial charge in [0.15, 0.2) is 0 Å². The van der Waals surface area contributed by atoms with Crippen LogP contribution in [0.2, 0.25) is 0 Å². The zero-order valence-corrected chi connectivity index (χ0v) is 13.9. The number of aryl methyl sites for hydroxylation is 1. The van der Waals surface area contributed by atoms with Gasteiger partial charge in [0.25, 0.3) is 5.69 Å². The number of esters is 1. The summed E-state index contributed by atoms with van der Waals surface area (Å²) in [7, 11) is 0. The predicted molar refractivity (Wildman–Crippen MR) is 92.7 cm³/mol. The quantitative estimate of drug-likeness (QED) is 0.482. The van der Waals surface area contributed by atoms with Gasteiger partial charge in [-0.3, -0.25) is 10.1 Å². The van der Waals surface area contributed by atoms with Gasteiger partial charge < -0.3 is 9.64 Å². The number of anilines is 1. The minimum atomic E-state index is -0.445. The van der Waals surface area contributed by atoms with E-state index in [4.69, 9.17) is 4.74 Å². The maximum absolute atomic E-state index is 12.1. The third-order valence-corrected chi connectivity index (χ3v) is 4.27. The van der Waals surface area contributed by atoms with Crippen LogP contribution >= 0.6 is 0 Å². The highest BCUT2D eigenvalue weighted by Gasteiger charge is 2.25. The molecule has 130 valence electrons. The Kier molecular flexibility index (Phi) is 4.92. The average molecular weight is 341 g/mol. The van der Waals surface area contributed by atoms with Crippen molar-refractivity contribution in [1.82, 2.24) is 4.98 Å². The number of nitrogens with zero attached hydrogens (tertiary/aromatic N) is 3. The summed E-state index contributed by atoms with van der Waals surface area (Å²) in [6, 6.07) is 10.5. The highest BCUT2D eigenvalue weighted by molar-refractivity contribution is 5.89. The molecular formula is C18H19N3O4. The van der Waals surface area contributed by atoms with Crippen molar-refractivity contribution in [3.63, 3.8) is 0 Å². The van der Waals surface area contributed by atoms with Gasteiger partial charge in [0.05, 0.1) is 10.5 Å². The minimum absolute atomic E-state index is 0.00655. The van der Waals surface area contributed by atoms with Crippen LogP contribution in [0.25, 0.3) is 0 Å². The van der Waals surface area contributed by atoms with Crippen molar-refractivity contribution in [2.75, 3.05) is 18.0 Å². The fraction of sp³-hybridized carbons (Fsp3) is 0.333. The van der Waals surface area contributed by atoms with E-state index in [2.05, 4.69) is 9.88 Å². The smallest absolute Gasteiger partial charge is 0.338 e. The third kappa shape index (κ3) is 3.93. The van der Waals surface area contributed by atoms with Crippen molar-refractivity contribution in [2.24, 2.45) is 0 Å². The predicted octanol–water partition coefficient (Wildman–Crippen LogP) is 3.12. The van der Waals surface area contributed by atoms with E-state index in [-0.39, 0.29) is 17.8 Å². The number of carbonyl (C=O) groups excluding carboxylic acids is 1. The number of ether oxygens (including phenoxy) is 1. The zero-order chi connectivity index (χ0) is 17.8. The van der Waals surface area contributed by atoms with Gasteiger partial charge in [0.1, 0.15) is 18.1 Å². The molecule has 25 heavy (non-hydrogen) atoms. The van der Waals surface area contributed by atoms with E-state index >= 15 is 0 Å². The van der Waals surface area contributed by atoms with Gasteiger partial charge in [0, 0.05) is 32.0 Å². The molecule has 1 saturated heterocycles. The van der Waals surface area contributed by atoms with E-state index in [1.165, 1.54) is 12.3 Å². The minimum Gasteiger partial charge on any atom is -0.459 e. The summed E-state index contributed by atoms with van der Waals surface area (Å²) >= 11 is 0. The van der Waals surface area contributed by atoms with Crippen molar-refractivity contribution in [2.45, 2.75) is 25.9 Å². The monoisotopic (exact) mass is 341 g/mol. The Morgan fingerprint density at radius 2 is 1.96 bits per heavy atom. The molecule has 1 fully saturated rings. The molecule has 0 saturated carbocycles. The zero-order valence-electron chi connectivity index (χ0n) is 13.9. The number of nitro groups is 1. The van der Waals surface area contributed by atoms with E-state index in [1.807, 2.05) is 25.1 Å². The largest absolute Gasteiger partial charge is 0.459 e. The van der Waals surface area contributed by atoms with E-state index in [1.54, 1.807) is 12.1 Å². The molecule has 7 nitrogen and oxygen atoms in total. The summed E-state index contributed by atoms with van der Waals surface area (Å²) < 4.78 is 5.57. The summed E-state index contributed by atoms with van der Waals surface area (Å²) in [4.78, 5) is 28.8. The van der Waals surface area contributed by atoms with Crippen LogP contribution < -0.4 is 4.90 Å². The first-order valence-corrected chi connectivity index (χ1v) is 8.16. The normalized spacial score (nSPS) is 15.0. The first-order chi connectivity index (χ1) is 12.0. The number of pyridine rings is 1. The summed E-state index contributed by atoms with van der Waals surface area (Å²) in [5, 5.41) is 10.8. The molecular weight excluding hydrogens is 322 g/mol. The van der Waals surface area contributed by atoms with Crippen LogP contribution in [0.3, 0.4) is 0 Å². The average Bonchev–Trinajstić information content (AvgIpc) is 2.63. The van der Waals surface area contributed by atoms with Crippen LogP contribution in [0.5, 0.6) is 0 Å².